The molecule has 3 rings (SSSR count). The molecular formula is C14H14N2O4. The van der Waals surface area contributed by atoms with Crippen molar-refractivity contribution in [3.8, 4) is 0 Å². The van der Waals surface area contributed by atoms with E-state index in [1.54, 1.807) is 0 Å². The largest absolute Gasteiger partial charge is 0.478 e. The van der Waals surface area contributed by atoms with Crippen molar-refractivity contribution in [1.29, 1.82) is 0 Å². The van der Waals surface area contributed by atoms with Gasteiger partial charge in [0, 0.05) is 6.20 Å². The Kier molecular flexibility index (Phi) is 2.81. The molecule has 1 aromatic heterocycles. The molecule has 20 heavy (non-hydrogen) atoms. The van der Waals surface area contributed by atoms with E-state index < -0.39 is 5.97 Å². The van der Waals surface area contributed by atoms with Crippen LogP contribution in [0.25, 0.3) is 0 Å². The number of amides is 2. The van der Waals surface area contributed by atoms with Crippen molar-refractivity contribution in [2.75, 3.05) is 4.90 Å². The van der Waals surface area contributed by atoms with Crippen LogP contribution in [0.3, 0.4) is 0 Å². The summed E-state index contributed by atoms with van der Waals surface area (Å²) in [5, 5.41) is 8.95. The maximum Gasteiger partial charge on any atom is 0.337 e. The van der Waals surface area contributed by atoms with Crippen molar-refractivity contribution in [1.82, 2.24) is 4.98 Å². The Balaban J connectivity index is 1.96. The predicted molar refractivity (Wildman–Crippen MR) is 69.1 cm³/mol. The molecule has 1 aliphatic carbocycles. The fraction of sp³-hybridized carbons (Fsp3) is 0.429. The van der Waals surface area contributed by atoms with Crippen LogP contribution >= 0.6 is 0 Å². The van der Waals surface area contributed by atoms with Gasteiger partial charge in [-0.1, -0.05) is 6.92 Å². The first-order valence-corrected chi connectivity index (χ1v) is 6.55. The minimum Gasteiger partial charge on any atom is -0.478 e. The highest BCUT2D eigenvalue weighted by Gasteiger charge is 2.52. The zero-order valence-corrected chi connectivity index (χ0v) is 10.9. The molecule has 104 valence electrons. The molecule has 2 heterocycles. The molecule has 2 atom stereocenters. The smallest absolute Gasteiger partial charge is 0.337 e. The van der Waals surface area contributed by atoms with Crippen LogP contribution in [0.1, 0.15) is 30.1 Å². The maximum absolute atomic E-state index is 12.4. The molecule has 0 bridgehead atoms. The van der Waals surface area contributed by atoms with E-state index in [-0.39, 0.29) is 34.9 Å². The highest BCUT2D eigenvalue weighted by atomic mass is 16.4. The Bertz CT molecular complexity index is 589. The predicted octanol–water partition coefficient (Wildman–Crippen LogP) is 1.32. The molecular weight excluding hydrogens is 260 g/mol. The SMILES string of the molecule is CC1CC2C(=O)N(c3cncc(C(=O)O)c3)C(=O)C2C1. The second-order valence-electron chi connectivity index (χ2n) is 5.54. The summed E-state index contributed by atoms with van der Waals surface area (Å²) in [6.45, 7) is 2.04. The van der Waals surface area contributed by atoms with Crippen LogP contribution in [0.2, 0.25) is 0 Å². The van der Waals surface area contributed by atoms with Gasteiger partial charge < -0.3 is 5.11 Å². The standard InChI is InChI=1S/C14H14N2O4/c1-7-2-10-11(3-7)13(18)16(12(10)17)9-4-8(14(19)20)5-15-6-9/h4-7,10-11H,2-3H2,1H3,(H,19,20). The van der Waals surface area contributed by atoms with E-state index in [0.29, 0.717) is 5.92 Å². The molecule has 2 aliphatic rings. The molecule has 1 saturated carbocycles. The van der Waals surface area contributed by atoms with Gasteiger partial charge in [-0.05, 0) is 24.8 Å². The highest BCUT2D eigenvalue weighted by Crippen LogP contribution is 2.44. The summed E-state index contributed by atoms with van der Waals surface area (Å²) >= 11 is 0. The molecule has 1 saturated heterocycles. The van der Waals surface area contributed by atoms with E-state index in [4.69, 9.17) is 5.11 Å². The minimum atomic E-state index is -1.13. The Morgan fingerprint density at radius 1 is 1.25 bits per heavy atom. The zero-order chi connectivity index (χ0) is 14.4. The van der Waals surface area contributed by atoms with Crippen molar-refractivity contribution in [2.45, 2.75) is 19.8 Å². The van der Waals surface area contributed by atoms with Crippen LogP contribution in [0, 0.1) is 17.8 Å². The number of hydrogen-bond acceptors (Lipinski definition) is 4. The molecule has 2 fully saturated rings. The lowest BCUT2D eigenvalue weighted by molar-refractivity contribution is -0.123. The number of pyridine rings is 1. The zero-order valence-electron chi connectivity index (χ0n) is 10.9. The van der Waals surface area contributed by atoms with E-state index in [1.165, 1.54) is 18.5 Å². The Morgan fingerprint density at radius 2 is 1.85 bits per heavy atom. The second-order valence-corrected chi connectivity index (χ2v) is 5.54. The number of carboxylic acid groups (broad SMARTS) is 1. The Morgan fingerprint density at radius 3 is 2.40 bits per heavy atom. The number of hydrogen-bond donors (Lipinski definition) is 1. The first-order chi connectivity index (χ1) is 9.49. The van der Waals surface area contributed by atoms with Gasteiger partial charge in [0.05, 0.1) is 29.3 Å². The summed E-state index contributed by atoms with van der Waals surface area (Å²) in [4.78, 5) is 40.5. The normalized spacial score (nSPS) is 28.9. The van der Waals surface area contributed by atoms with Crippen molar-refractivity contribution in [3.05, 3.63) is 24.0 Å². The lowest BCUT2D eigenvalue weighted by Gasteiger charge is -2.16. The van der Waals surface area contributed by atoms with E-state index >= 15 is 0 Å². The van der Waals surface area contributed by atoms with Gasteiger partial charge in [0.2, 0.25) is 11.8 Å². The van der Waals surface area contributed by atoms with Gasteiger partial charge in [-0.15, -0.1) is 0 Å². The Labute approximate surface area is 115 Å². The van der Waals surface area contributed by atoms with Gasteiger partial charge in [0.15, 0.2) is 0 Å². The molecule has 0 aromatic carbocycles. The number of imide groups is 1. The molecule has 2 unspecified atom stereocenters. The molecule has 0 radical (unpaired) electrons. The summed E-state index contributed by atoms with van der Waals surface area (Å²) in [6, 6.07) is 1.32. The van der Waals surface area contributed by atoms with Crippen LogP contribution in [-0.2, 0) is 9.59 Å². The van der Waals surface area contributed by atoms with Crippen LogP contribution in [0.5, 0.6) is 0 Å². The Hall–Kier alpha value is -2.24. The number of carboxylic acids is 1. The van der Waals surface area contributed by atoms with Crippen LogP contribution in [0.15, 0.2) is 18.5 Å². The molecule has 6 nitrogen and oxygen atoms in total. The number of rotatable bonds is 2. The van der Waals surface area contributed by atoms with E-state index in [0.717, 1.165) is 17.7 Å². The van der Waals surface area contributed by atoms with Gasteiger partial charge >= 0.3 is 5.97 Å². The topological polar surface area (TPSA) is 87.6 Å². The number of fused-ring (bicyclic) bond motifs is 1. The van der Waals surface area contributed by atoms with Gasteiger partial charge in [-0.2, -0.15) is 0 Å². The monoisotopic (exact) mass is 274 g/mol. The average Bonchev–Trinajstić information content (AvgIpc) is 2.89. The average molecular weight is 274 g/mol. The third kappa shape index (κ3) is 1.79. The van der Waals surface area contributed by atoms with E-state index in [1.807, 2.05) is 6.92 Å². The van der Waals surface area contributed by atoms with Crippen molar-refractivity contribution in [2.24, 2.45) is 17.8 Å². The van der Waals surface area contributed by atoms with E-state index in [9.17, 15) is 14.4 Å². The molecule has 1 N–H and O–H groups in total. The first kappa shape index (κ1) is 12.8. The fourth-order valence-corrected chi connectivity index (χ4v) is 3.20. The summed E-state index contributed by atoms with van der Waals surface area (Å²) < 4.78 is 0. The number of anilines is 1. The van der Waals surface area contributed by atoms with Crippen LogP contribution in [0.4, 0.5) is 5.69 Å². The number of aromatic nitrogens is 1. The summed E-state index contributed by atoms with van der Waals surface area (Å²) in [5.74, 6) is -1.73. The van der Waals surface area contributed by atoms with Crippen molar-refractivity contribution >= 4 is 23.5 Å². The molecule has 1 aliphatic heterocycles. The van der Waals surface area contributed by atoms with Crippen molar-refractivity contribution in [3.63, 3.8) is 0 Å². The van der Waals surface area contributed by atoms with Gasteiger partial charge in [0.1, 0.15) is 0 Å². The molecule has 0 spiro atoms. The van der Waals surface area contributed by atoms with Crippen LogP contribution < -0.4 is 4.90 Å². The first-order valence-electron chi connectivity index (χ1n) is 6.55. The molecule has 1 aromatic rings. The van der Waals surface area contributed by atoms with Gasteiger partial charge in [-0.25, -0.2) is 9.69 Å². The lowest BCUT2D eigenvalue weighted by atomic mass is 10.00. The van der Waals surface area contributed by atoms with Gasteiger partial charge in [-0.3, -0.25) is 14.6 Å². The fourth-order valence-electron chi connectivity index (χ4n) is 3.20. The lowest BCUT2D eigenvalue weighted by Crippen LogP contribution is -2.32. The summed E-state index contributed by atoms with van der Waals surface area (Å²) in [6.07, 6.45) is 3.99. The summed E-state index contributed by atoms with van der Waals surface area (Å²) in [7, 11) is 0. The molecule has 2 amide bonds. The summed E-state index contributed by atoms with van der Waals surface area (Å²) in [5.41, 5.74) is 0.218. The van der Waals surface area contributed by atoms with E-state index in [2.05, 4.69) is 4.98 Å². The van der Waals surface area contributed by atoms with Gasteiger partial charge in [0.25, 0.3) is 0 Å². The quantitative estimate of drug-likeness (QED) is 0.822. The number of aromatic carboxylic acids is 1. The van der Waals surface area contributed by atoms with Crippen molar-refractivity contribution < 1.29 is 19.5 Å². The number of nitrogens with zero attached hydrogens (tertiary/aromatic N) is 2. The third-order valence-corrected chi connectivity index (χ3v) is 4.10. The molecule has 6 heteroatoms. The second kappa shape index (κ2) is 4.40. The third-order valence-electron chi connectivity index (χ3n) is 4.10. The highest BCUT2D eigenvalue weighted by molar-refractivity contribution is 6.22. The minimum absolute atomic E-state index is 0.0338. The maximum atomic E-state index is 12.4. The number of carbonyl (C=O) groups is 3. The van der Waals surface area contributed by atoms with Crippen LogP contribution in [-0.4, -0.2) is 27.9 Å². The number of carbonyl (C=O) groups excluding carboxylic acids is 2.